The monoisotopic (exact) mass is 234 g/mol. The molecule has 1 aromatic rings. The van der Waals surface area contributed by atoms with Gasteiger partial charge in [0, 0.05) is 28.0 Å². The molecule has 1 aromatic carbocycles. The van der Waals surface area contributed by atoms with E-state index in [1.54, 1.807) is 18.7 Å². The van der Waals surface area contributed by atoms with Gasteiger partial charge in [-0.1, -0.05) is 25.1 Å². The first-order chi connectivity index (χ1) is 7.53. The van der Waals surface area contributed by atoms with Gasteiger partial charge in [0.05, 0.1) is 0 Å². The van der Waals surface area contributed by atoms with E-state index in [1.165, 1.54) is 0 Å². The molecular weight excluding hydrogens is 220 g/mol. The first-order valence-electron chi connectivity index (χ1n) is 5.29. The molecule has 0 fully saturated rings. The molecule has 0 saturated heterocycles. The van der Waals surface area contributed by atoms with E-state index in [-0.39, 0.29) is 11.6 Å². The molecule has 0 aliphatic carbocycles. The molecular formula is C13H14O2S. The fourth-order valence-corrected chi connectivity index (χ4v) is 3.29. The van der Waals surface area contributed by atoms with E-state index >= 15 is 0 Å². The Morgan fingerprint density at radius 1 is 1.44 bits per heavy atom. The standard InChI is InChI=1S/C13H14O2S/c1-9(14)7-13(2)8-16-11-6-4-3-5-10(11)12(13)15/h3-6H,7-8H2,1-2H3/t13-/m0/s1. The third-order valence-corrected chi connectivity index (χ3v) is 4.31. The van der Waals surface area contributed by atoms with Crippen molar-refractivity contribution in [1.29, 1.82) is 0 Å². The summed E-state index contributed by atoms with van der Waals surface area (Å²) in [4.78, 5) is 24.6. The number of rotatable bonds is 2. The van der Waals surface area contributed by atoms with Crippen LogP contribution in [0.1, 0.15) is 30.6 Å². The molecule has 0 unspecified atom stereocenters. The molecule has 84 valence electrons. The summed E-state index contributed by atoms with van der Waals surface area (Å²) in [5, 5.41) is 0. The van der Waals surface area contributed by atoms with Gasteiger partial charge >= 0.3 is 0 Å². The van der Waals surface area contributed by atoms with Crippen LogP contribution in [-0.2, 0) is 4.79 Å². The van der Waals surface area contributed by atoms with Crippen LogP contribution in [0.15, 0.2) is 29.2 Å². The van der Waals surface area contributed by atoms with Crippen molar-refractivity contribution in [1.82, 2.24) is 0 Å². The topological polar surface area (TPSA) is 34.1 Å². The molecule has 0 bridgehead atoms. The zero-order valence-corrected chi connectivity index (χ0v) is 10.3. The number of fused-ring (bicyclic) bond motifs is 1. The van der Waals surface area contributed by atoms with E-state index in [0.29, 0.717) is 12.2 Å². The summed E-state index contributed by atoms with van der Waals surface area (Å²) in [5.41, 5.74) is 0.243. The van der Waals surface area contributed by atoms with Gasteiger partial charge in [0.1, 0.15) is 5.78 Å². The summed E-state index contributed by atoms with van der Waals surface area (Å²) in [5.74, 6) is 0.885. The average molecular weight is 234 g/mol. The van der Waals surface area contributed by atoms with E-state index in [9.17, 15) is 9.59 Å². The molecule has 0 N–H and O–H groups in total. The third-order valence-electron chi connectivity index (χ3n) is 2.87. The zero-order valence-electron chi connectivity index (χ0n) is 9.45. The van der Waals surface area contributed by atoms with Crippen LogP contribution in [0.2, 0.25) is 0 Å². The number of benzene rings is 1. The Balaban J connectivity index is 2.37. The van der Waals surface area contributed by atoms with Crippen LogP contribution in [0.25, 0.3) is 0 Å². The number of hydrogen-bond donors (Lipinski definition) is 0. The summed E-state index contributed by atoms with van der Waals surface area (Å²) in [6, 6.07) is 7.62. The molecule has 1 atom stereocenters. The second-order valence-corrected chi connectivity index (χ2v) is 5.57. The van der Waals surface area contributed by atoms with Crippen molar-refractivity contribution in [3.05, 3.63) is 29.8 Å². The number of hydrogen-bond acceptors (Lipinski definition) is 3. The largest absolute Gasteiger partial charge is 0.300 e. The lowest BCUT2D eigenvalue weighted by Gasteiger charge is -2.31. The predicted octanol–water partition coefficient (Wildman–Crippen LogP) is 2.96. The summed E-state index contributed by atoms with van der Waals surface area (Å²) in [7, 11) is 0. The maximum Gasteiger partial charge on any atom is 0.171 e. The Kier molecular flexibility index (Phi) is 2.89. The number of carbonyl (C=O) groups excluding carboxylic acids is 2. The highest BCUT2D eigenvalue weighted by molar-refractivity contribution is 7.99. The smallest absolute Gasteiger partial charge is 0.171 e. The lowest BCUT2D eigenvalue weighted by Crippen LogP contribution is -2.35. The van der Waals surface area contributed by atoms with Gasteiger partial charge in [-0.05, 0) is 13.0 Å². The summed E-state index contributed by atoms with van der Waals surface area (Å²) in [6.45, 7) is 3.43. The maximum atomic E-state index is 12.3. The zero-order chi connectivity index (χ0) is 11.8. The van der Waals surface area contributed by atoms with Gasteiger partial charge in [-0.3, -0.25) is 9.59 Å². The van der Waals surface area contributed by atoms with Gasteiger partial charge in [-0.2, -0.15) is 0 Å². The molecule has 16 heavy (non-hydrogen) atoms. The highest BCUT2D eigenvalue weighted by Crippen LogP contribution is 2.41. The molecule has 0 spiro atoms. The van der Waals surface area contributed by atoms with Crippen molar-refractivity contribution in [3.63, 3.8) is 0 Å². The van der Waals surface area contributed by atoms with E-state index in [1.807, 2.05) is 31.2 Å². The van der Waals surface area contributed by atoms with Crippen molar-refractivity contribution in [2.75, 3.05) is 5.75 Å². The highest BCUT2D eigenvalue weighted by Gasteiger charge is 2.39. The van der Waals surface area contributed by atoms with Crippen LogP contribution >= 0.6 is 11.8 Å². The summed E-state index contributed by atoms with van der Waals surface area (Å²) < 4.78 is 0. The molecule has 1 aliphatic heterocycles. The molecule has 0 aromatic heterocycles. The lowest BCUT2D eigenvalue weighted by atomic mass is 9.79. The molecule has 1 aliphatic rings. The molecule has 0 amide bonds. The number of Topliss-reactive ketones (excluding diaryl/α,β-unsaturated/α-hetero) is 2. The highest BCUT2D eigenvalue weighted by atomic mass is 32.2. The van der Waals surface area contributed by atoms with Gasteiger partial charge in [-0.25, -0.2) is 0 Å². The lowest BCUT2D eigenvalue weighted by molar-refractivity contribution is -0.118. The summed E-state index contributed by atoms with van der Waals surface area (Å²) in [6.07, 6.45) is 0.340. The van der Waals surface area contributed by atoms with Crippen LogP contribution in [-0.4, -0.2) is 17.3 Å². The molecule has 0 saturated carbocycles. The van der Waals surface area contributed by atoms with E-state index < -0.39 is 5.41 Å². The van der Waals surface area contributed by atoms with Crippen LogP contribution in [0.5, 0.6) is 0 Å². The molecule has 3 heteroatoms. The van der Waals surface area contributed by atoms with Crippen molar-refractivity contribution >= 4 is 23.3 Å². The van der Waals surface area contributed by atoms with E-state index in [0.717, 1.165) is 10.5 Å². The Hall–Kier alpha value is -1.09. The minimum absolute atomic E-state index is 0.0795. The van der Waals surface area contributed by atoms with Crippen LogP contribution in [0.3, 0.4) is 0 Å². The summed E-state index contributed by atoms with van der Waals surface area (Å²) >= 11 is 1.67. The second kappa shape index (κ2) is 4.06. The first-order valence-corrected chi connectivity index (χ1v) is 6.27. The van der Waals surface area contributed by atoms with Crippen molar-refractivity contribution in [2.24, 2.45) is 5.41 Å². The Morgan fingerprint density at radius 2 is 2.12 bits per heavy atom. The first kappa shape index (κ1) is 11.4. The van der Waals surface area contributed by atoms with Crippen molar-refractivity contribution < 1.29 is 9.59 Å². The minimum Gasteiger partial charge on any atom is -0.300 e. The van der Waals surface area contributed by atoms with E-state index in [2.05, 4.69) is 0 Å². The van der Waals surface area contributed by atoms with E-state index in [4.69, 9.17) is 0 Å². The van der Waals surface area contributed by atoms with Gasteiger partial charge < -0.3 is 0 Å². The van der Waals surface area contributed by atoms with Crippen molar-refractivity contribution in [2.45, 2.75) is 25.2 Å². The molecule has 0 radical (unpaired) electrons. The molecule has 2 nitrogen and oxygen atoms in total. The second-order valence-electron chi connectivity index (χ2n) is 4.55. The molecule has 1 heterocycles. The van der Waals surface area contributed by atoms with Crippen LogP contribution < -0.4 is 0 Å². The van der Waals surface area contributed by atoms with Gasteiger partial charge in [0.2, 0.25) is 0 Å². The van der Waals surface area contributed by atoms with Crippen molar-refractivity contribution in [3.8, 4) is 0 Å². The number of thioether (sulfide) groups is 1. The van der Waals surface area contributed by atoms with Gasteiger partial charge in [-0.15, -0.1) is 11.8 Å². The number of ketones is 2. The Bertz CT molecular complexity index is 453. The normalized spacial score (nSPS) is 24.0. The fourth-order valence-electron chi connectivity index (χ4n) is 2.09. The third kappa shape index (κ3) is 1.92. The van der Waals surface area contributed by atoms with Gasteiger partial charge in [0.15, 0.2) is 5.78 Å². The Labute approximate surface area is 99.4 Å². The van der Waals surface area contributed by atoms with Gasteiger partial charge in [0.25, 0.3) is 0 Å². The van der Waals surface area contributed by atoms with Crippen LogP contribution in [0.4, 0.5) is 0 Å². The number of carbonyl (C=O) groups is 2. The predicted molar refractivity (Wildman–Crippen MR) is 64.9 cm³/mol. The average Bonchev–Trinajstić information content (AvgIpc) is 2.24. The van der Waals surface area contributed by atoms with Crippen LogP contribution in [0, 0.1) is 5.41 Å². The quantitative estimate of drug-likeness (QED) is 0.789. The SMILES string of the molecule is CC(=O)C[C@@]1(C)CSc2ccccc2C1=O. The molecule has 2 rings (SSSR count). The fraction of sp³-hybridized carbons (Fsp3) is 0.385. The Morgan fingerprint density at radius 3 is 2.81 bits per heavy atom. The maximum absolute atomic E-state index is 12.3. The minimum atomic E-state index is -0.523.